The summed E-state index contributed by atoms with van der Waals surface area (Å²) >= 11 is 0. The van der Waals surface area contributed by atoms with Crippen LogP contribution in [-0.2, 0) is 26.8 Å². The number of allylic oxidation sites excluding steroid dienone is 6. The van der Waals surface area contributed by atoms with Crippen molar-refractivity contribution in [3.63, 3.8) is 0 Å². The van der Waals surface area contributed by atoms with Gasteiger partial charge in [0.25, 0.3) is 0 Å². The number of rotatable bonds is 23. The van der Waals surface area contributed by atoms with Gasteiger partial charge in [-0.05, 0) is 92.5 Å². The van der Waals surface area contributed by atoms with Crippen molar-refractivity contribution in [1.82, 2.24) is 0 Å². The molecule has 6 heteroatoms. The number of benzene rings is 2. The van der Waals surface area contributed by atoms with E-state index in [4.69, 9.17) is 0 Å². The molecule has 1 aliphatic rings. The van der Waals surface area contributed by atoms with Crippen LogP contribution in [-0.4, -0.2) is 30.5 Å². The molecule has 1 heterocycles. The summed E-state index contributed by atoms with van der Waals surface area (Å²) in [5.74, 6) is -0.814. The van der Waals surface area contributed by atoms with E-state index in [-0.39, 0.29) is 17.3 Å². The first-order valence-electron chi connectivity index (χ1n) is 19.6. The number of anilines is 2. The van der Waals surface area contributed by atoms with Crippen molar-refractivity contribution in [2.24, 2.45) is 0 Å². The third-order valence-electron chi connectivity index (χ3n) is 10.9. The lowest BCUT2D eigenvalue weighted by molar-refractivity contribution is -0.136. The molecule has 51 heavy (non-hydrogen) atoms. The van der Waals surface area contributed by atoms with Gasteiger partial charge in [0, 0.05) is 47.4 Å². The molecule has 2 aromatic rings. The maximum Gasteiger partial charge on any atom is 0.305 e. The zero-order valence-corrected chi connectivity index (χ0v) is 32.3. The van der Waals surface area contributed by atoms with Gasteiger partial charge in [-0.15, -0.1) is 0 Å². The molecule has 0 amide bonds. The van der Waals surface area contributed by atoms with Crippen LogP contribution < -0.4 is 10.2 Å². The molecule has 0 radical (unpaired) electrons. The SMILES string of the molecule is CCCCCC(CC)(C/C=C/C(C#N)=C/C=C1/N(CCC=O)c2ccc(CC)cc2C1(CCC)CCCC)c1cc(C)ccc1NCCC(=O)O. The van der Waals surface area contributed by atoms with Crippen LogP contribution in [0.15, 0.2) is 72.0 Å². The van der Waals surface area contributed by atoms with Crippen molar-refractivity contribution in [1.29, 1.82) is 5.26 Å². The normalized spacial score (nSPS) is 17.8. The van der Waals surface area contributed by atoms with Gasteiger partial charge in [0.05, 0.1) is 18.1 Å². The van der Waals surface area contributed by atoms with Crippen LogP contribution in [0.1, 0.15) is 140 Å². The summed E-state index contributed by atoms with van der Waals surface area (Å²) in [5.41, 5.74) is 8.76. The second-order valence-electron chi connectivity index (χ2n) is 14.4. The van der Waals surface area contributed by atoms with Crippen molar-refractivity contribution in [3.8, 4) is 6.07 Å². The minimum atomic E-state index is -0.814. The van der Waals surface area contributed by atoms with E-state index in [1.807, 2.05) is 12.2 Å². The lowest BCUT2D eigenvalue weighted by Crippen LogP contribution is -2.32. The van der Waals surface area contributed by atoms with Crippen molar-refractivity contribution in [2.45, 2.75) is 142 Å². The van der Waals surface area contributed by atoms with Gasteiger partial charge in [-0.2, -0.15) is 5.26 Å². The van der Waals surface area contributed by atoms with Gasteiger partial charge in [0.15, 0.2) is 0 Å². The third-order valence-corrected chi connectivity index (χ3v) is 10.9. The number of carbonyl (C=O) groups is 2. The van der Waals surface area contributed by atoms with Crippen LogP contribution in [0.4, 0.5) is 11.4 Å². The number of unbranched alkanes of at least 4 members (excludes halogenated alkanes) is 3. The fourth-order valence-corrected chi connectivity index (χ4v) is 8.01. The average Bonchev–Trinajstić information content (AvgIpc) is 3.38. The molecule has 2 atom stereocenters. The molecule has 1 aliphatic heterocycles. The molecule has 2 unspecified atom stereocenters. The number of nitrogens with zero attached hydrogens (tertiary/aromatic N) is 2. The monoisotopic (exact) mass is 693 g/mol. The van der Waals surface area contributed by atoms with Gasteiger partial charge in [-0.25, -0.2) is 0 Å². The minimum absolute atomic E-state index is 0.0589. The smallest absolute Gasteiger partial charge is 0.305 e. The topological polar surface area (TPSA) is 93.4 Å². The molecule has 0 bridgehead atoms. The van der Waals surface area contributed by atoms with E-state index in [2.05, 4.69) is 106 Å². The van der Waals surface area contributed by atoms with Crippen LogP contribution in [0.25, 0.3) is 0 Å². The Kier molecular flexibility index (Phi) is 16.7. The van der Waals surface area contributed by atoms with Crippen LogP contribution in [0.5, 0.6) is 0 Å². The predicted molar refractivity (Wildman–Crippen MR) is 214 cm³/mol. The molecule has 276 valence electrons. The van der Waals surface area contributed by atoms with Crippen LogP contribution in [0.2, 0.25) is 0 Å². The highest BCUT2D eigenvalue weighted by Gasteiger charge is 2.45. The zero-order chi connectivity index (χ0) is 37.3. The summed E-state index contributed by atoms with van der Waals surface area (Å²) in [5, 5.41) is 23.1. The first kappa shape index (κ1) is 41.3. The van der Waals surface area contributed by atoms with Gasteiger partial charge in [-0.1, -0.05) is 109 Å². The highest BCUT2D eigenvalue weighted by atomic mass is 16.4. The minimum Gasteiger partial charge on any atom is -0.481 e. The molecule has 0 aromatic heterocycles. The summed E-state index contributed by atoms with van der Waals surface area (Å²) < 4.78 is 0. The van der Waals surface area contributed by atoms with Crippen LogP contribution in [0, 0.1) is 18.3 Å². The molecule has 0 aliphatic carbocycles. The second kappa shape index (κ2) is 20.7. The maximum absolute atomic E-state index is 11.6. The molecule has 0 fully saturated rings. The fraction of sp³-hybridized carbons (Fsp3) is 0.533. The third kappa shape index (κ3) is 10.5. The van der Waals surface area contributed by atoms with Crippen molar-refractivity contribution in [2.75, 3.05) is 23.3 Å². The quantitative estimate of drug-likeness (QED) is 0.0521. The summed E-state index contributed by atoms with van der Waals surface area (Å²) in [6.45, 7) is 14.3. The lowest BCUT2D eigenvalue weighted by Gasteiger charge is -2.35. The Morgan fingerprint density at radius 3 is 2.45 bits per heavy atom. The first-order valence-corrected chi connectivity index (χ1v) is 19.6. The highest BCUT2D eigenvalue weighted by Crippen LogP contribution is 2.54. The van der Waals surface area contributed by atoms with Crippen molar-refractivity contribution < 1.29 is 14.7 Å². The molecule has 2 N–H and O–H groups in total. The Morgan fingerprint density at radius 1 is 1.02 bits per heavy atom. The number of aliphatic carboxylic acids is 1. The van der Waals surface area contributed by atoms with E-state index in [1.165, 1.54) is 33.6 Å². The van der Waals surface area contributed by atoms with Crippen LogP contribution >= 0.6 is 0 Å². The van der Waals surface area contributed by atoms with E-state index in [0.717, 1.165) is 89.0 Å². The van der Waals surface area contributed by atoms with E-state index in [0.29, 0.717) is 25.1 Å². The Morgan fingerprint density at radius 2 is 1.80 bits per heavy atom. The van der Waals surface area contributed by atoms with Crippen molar-refractivity contribution >= 4 is 23.6 Å². The Labute approximate surface area is 308 Å². The first-order chi connectivity index (χ1) is 24.7. The largest absolute Gasteiger partial charge is 0.481 e. The summed E-state index contributed by atoms with van der Waals surface area (Å²) in [7, 11) is 0. The summed E-state index contributed by atoms with van der Waals surface area (Å²) in [6.07, 6.45) is 22.2. The number of aldehydes is 1. The van der Waals surface area contributed by atoms with E-state index >= 15 is 0 Å². The predicted octanol–water partition coefficient (Wildman–Crippen LogP) is 11.3. The molecule has 0 saturated carbocycles. The van der Waals surface area contributed by atoms with Gasteiger partial charge in [0.1, 0.15) is 6.29 Å². The Balaban J connectivity index is 2.09. The number of hydrogen-bond acceptors (Lipinski definition) is 5. The lowest BCUT2D eigenvalue weighted by atomic mass is 9.70. The molecule has 6 nitrogen and oxygen atoms in total. The fourth-order valence-electron chi connectivity index (χ4n) is 8.01. The second-order valence-corrected chi connectivity index (χ2v) is 14.4. The van der Waals surface area contributed by atoms with E-state index in [1.54, 1.807) is 0 Å². The van der Waals surface area contributed by atoms with Crippen LogP contribution in [0.3, 0.4) is 0 Å². The molecule has 3 rings (SSSR count). The molecule has 2 aromatic carbocycles. The number of carboxylic acids is 1. The van der Waals surface area contributed by atoms with Gasteiger partial charge in [-0.3, -0.25) is 4.79 Å². The number of carbonyl (C=O) groups excluding carboxylic acids is 1. The van der Waals surface area contributed by atoms with Crippen molar-refractivity contribution in [3.05, 3.63) is 94.2 Å². The number of nitriles is 1. The molecule has 0 spiro atoms. The number of hydrogen-bond donors (Lipinski definition) is 2. The Bertz CT molecular complexity index is 1580. The molecule has 0 saturated heterocycles. The van der Waals surface area contributed by atoms with Gasteiger partial charge in [0.2, 0.25) is 0 Å². The average molecular weight is 694 g/mol. The zero-order valence-electron chi connectivity index (χ0n) is 32.3. The number of fused-ring (bicyclic) bond motifs is 1. The number of nitrogens with one attached hydrogen (secondary N) is 1. The van der Waals surface area contributed by atoms with E-state index in [9.17, 15) is 20.0 Å². The Hall–Kier alpha value is -4.11. The highest BCUT2D eigenvalue weighted by molar-refractivity contribution is 5.73. The molecular formula is C45H63N3O3. The standard InChI is InChI=1S/C45H63N3O3/c1-7-12-14-26-44(11-5,38-32-35(6)18-21-40(38)47-29-24-43(50)51)27-15-17-37(34-46)20-23-42-45(25-9-3,28-13-8-2)39-33-36(10-4)19-22-41(39)48(42)30-16-31-49/h15,17-23,31-33,47H,7-14,16,24-30H2,1-6H3,(H,50,51)/b17-15+,37-20-,42-23+. The number of carboxylic acid groups (broad SMARTS) is 1. The maximum atomic E-state index is 11.6. The summed E-state index contributed by atoms with van der Waals surface area (Å²) in [6, 6.07) is 15.8. The van der Waals surface area contributed by atoms with E-state index < -0.39 is 5.97 Å². The van der Waals surface area contributed by atoms with Gasteiger partial charge < -0.3 is 20.1 Å². The molecular weight excluding hydrogens is 631 g/mol. The summed E-state index contributed by atoms with van der Waals surface area (Å²) in [4.78, 5) is 25.3. The number of aryl methyl sites for hydroxylation is 2. The van der Waals surface area contributed by atoms with Gasteiger partial charge >= 0.3 is 5.97 Å².